The van der Waals surface area contributed by atoms with Gasteiger partial charge in [0, 0.05) is 10.3 Å². The normalized spacial score (nSPS) is 9.93. The SMILES string of the molecule is COc1ccc2c(O)cccc2c1.COc1cccc(/C=C/C(=O)N=[N+]=[N-])c1. The number of nitrogens with zero attached hydrogens (tertiary/aromatic N) is 3. The number of phenolic OH excluding ortho intramolecular Hbond substituents is 1. The van der Waals surface area contributed by atoms with Gasteiger partial charge in [-0.15, -0.1) is 0 Å². The van der Waals surface area contributed by atoms with E-state index in [1.807, 2.05) is 36.4 Å². The molecule has 0 aliphatic carbocycles. The van der Waals surface area contributed by atoms with Crippen LogP contribution in [0, 0.1) is 0 Å². The lowest BCUT2D eigenvalue weighted by Gasteiger charge is -2.03. The van der Waals surface area contributed by atoms with Crippen LogP contribution in [0.15, 0.2) is 71.9 Å². The first-order chi connectivity index (χ1) is 13.6. The lowest BCUT2D eigenvalue weighted by molar-refractivity contribution is -0.113. The zero-order chi connectivity index (χ0) is 20.4. The number of fused-ring (bicyclic) bond motifs is 1. The molecule has 1 N–H and O–H groups in total. The van der Waals surface area contributed by atoms with E-state index in [-0.39, 0.29) is 0 Å². The van der Waals surface area contributed by atoms with Crippen LogP contribution in [0.4, 0.5) is 0 Å². The molecule has 7 heteroatoms. The van der Waals surface area contributed by atoms with Gasteiger partial charge in [-0.1, -0.05) is 30.3 Å². The molecule has 3 aromatic carbocycles. The number of carbonyl (C=O) groups is 1. The molecular formula is C21H19N3O4. The Morgan fingerprint density at radius 1 is 1.04 bits per heavy atom. The van der Waals surface area contributed by atoms with Gasteiger partial charge in [0.2, 0.25) is 5.91 Å². The van der Waals surface area contributed by atoms with Crippen LogP contribution in [0.5, 0.6) is 17.2 Å². The topological polar surface area (TPSA) is 105 Å². The maximum absolute atomic E-state index is 10.8. The molecule has 3 aromatic rings. The fourth-order valence-electron chi connectivity index (χ4n) is 2.36. The predicted octanol–water partition coefficient (Wildman–Crippen LogP) is 5.10. The highest BCUT2D eigenvalue weighted by Crippen LogP contribution is 2.27. The molecule has 142 valence electrons. The van der Waals surface area contributed by atoms with E-state index < -0.39 is 5.91 Å². The highest BCUT2D eigenvalue weighted by atomic mass is 16.5. The maximum Gasteiger partial charge on any atom is 0.242 e. The molecule has 0 heterocycles. The first-order valence-corrected chi connectivity index (χ1v) is 8.24. The number of hydrogen-bond donors (Lipinski definition) is 1. The van der Waals surface area contributed by atoms with Gasteiger partial charge in [-0.05, 0) is 64.1 Å². The highest BCUT2D eigenvalue weighted by molar-refractivity contribution is 5.92. The summed E-state index contributed by atoms with van der Waals surface area (Å²) in [6.45, 7) is 0. The summed E-state index contributed by atoms with van der Waals surface area (Å²) in [4.78, 5) is 13.2. The van der Waals surface area contributed by atoms with Crippen LogP contribution >= 0.6 is 0 Å². The second-order valence-electron chi connectivity index (χ2n) is 5.50. The van der Waals surface area contributed by atoms with Crippen molar-refractivity contribution < 1.29 is 19.4 Å². The Bertz CT molecular complexity index is 1040. The third kappa shape index (κ3) is 5.79. The van der Waals surface area contributed by atoms with Gasteiger partial charge in [0.1, 0.15) is 17.2 Å². The van der Waals surface area contributed by atoms with Gasteiger partial charge in [0.05, 0.1) is 14.2 Å². The second-order valence-corrected chi connectivity index (χ2v) is 5.50. The van der Waals surface area contributed by atoms with Gasteiger partial charge in [0.25, 0.3) is 0 Å². The Kier molecular flexibility index (Phi) is 7.45. The number of ether oxygens (including phenoxy) is 2. The quantitative estimate of drug-likeness (QED) is 0.295. The summed E-state index contributed by atoms with van der Waals surface area (Å²) < 4.78 is 10.1. The van der Waals surface area contributed by atoms with Crippen molar-refractivity contribution in [3.8, 4) is 17.2 Å². The number of rotatable bonds is 4. The summed E-state index contributed by atoms with van der Waals surface area (Å²) in [5.41, 5.74) is 8.80. The van der Waals surface area contributed by atoms with E-state index in [2.05, 4.69) is 10.0 Å². The molecule has 0 aliphatic rings. The minimum Gasteiger partial charge on any atom is -0.507 e. The van der Waals surface area contributed by atoms with Crippen molar-refractivity contribution in [2.75, 3.05) is 14.2 Å². The molecule has 1 amide bonds. The van der Waals surface area contributed by atoms with Crippen molar-refractivity contribution in [3.05, 3.63) is 82.7 Å². The molecule has 7 nitrogen and oxygen atoms in total. The number of hydrogen-bond acceptors (Lipinski definition) is 4. The zero-order valence-electron chi connectivity index (χ0n) is 15.4. The number of phenols is 1. The summed E-state index contributed by atoms with van der Waals surface area (Å²) >= 11 is 0. The zero-order valence-corrected chi connectivity index (χ0v) is 15.4. The molecule has 0 radical (unpaired) electrons. The maximum atomic E-state index is 10.8. The van der Waals surface area contributed by atoms with Crippen molar-refractivity contribution in [2.45, 2.75) is 0 Å². The van der Waals surface area contributed by atoms with Crippen molar-refractivity contribution in [2.24, 2.45) is 5.11 Å². The van der Waals surface area contributed by atoms with Crippen LogP contribution in [-0.2, 0) is 4.79 Å². The molecule has 0 aromatic heterocycles. The fraction of sp³-hybridized carbons (Fsp3) is 0.0952. The lowest BCUT2D eigenvalue weighted by atomic mass is 10.1. The third-order valence-corrected chi connectivity index (χ3v) is 3.72. The molecule has 0 saturated heterocycles. The second kappa shape index (κ2) is 10.3. The number of aromatic hydroxyl groups is 1. The Balaban J connectivity index is 0.000000202. The molecular weight excluding hydrogens is 358 g/mol. The van der Waals surface area contributed by atoms with E-state index in [4.69, 9.17) is 15.0 Å². The van der Waals surface area contributed by atoms with Crippen molar-refractivity contribution in [1.82, 2.24) is 0 Å². The number of carbonyl (C=O) groups excluding carboxylic acids is 1. The van der Waals surface area contributed by atoms with Crippen LogP contribution in [0.1, 0.15) is 5.56 Å². The molecule has 0 spiro atoms. The van der Waals surface area contributed by atoms with Crippen LogP contribution in [0.3, 0.4) is 0 Å². The Morgan fingerprint density at radius 2 is 1.75 bits per heavy atom. The predicted molar refractivity (Wildman–Crippen MR) is 108 cm³/mol. The van der Waals surface area contributed by atoms with E-state index in [1.165, 1.54) is 6.08 Å². The van der Waals surface area contributed by atoms with Crippen molar-refractivity contribution in [3.63, 3.8) is 0 Å². The van der Waals surface area contributed by atoms with Gasteiger partial charge >= 0.3 is 0 Å². The molecule has 0 saturated carbocycles. The Morgan fingerprint density at radius 3 is 2.46 bits per heavy atom. The van der Waals surface area contributed by atoms with Crippen LogP contribution in [0.2, 0.25) is 0 Å². The van der Waals surface area contributed by atoms with E-state index in [9.17, 15) is 9.90 Å². The highest BCUT2D eigenvalue weighted by Gasteiger charge is 1.99. The summed E-state index contributed by atoms with van der Waals surface area (Å²) in [5.74, 6) is 1.19. The Labute approximate surface area is 162 Å². The molecule has 28 heavy (non-hydrogen) atoms. The van der Waals surface area contributed by atoms with Gasteiger partial charge in [-0.3, -0.25) is 4.79 Å². The number of methoxy groups -OCH3 is 2. The van der Waals surface area contributed by atoms with Crippen molar-refractivity contribution >= 4 is 22.8 Å². The molecule has 0 fully saturated rings. The minimum absolute atomic E-state index is 0.306. The standard InChI is InChI=1S/C11H10O2.C10H9N3O2/c1-13-9-5-6-10-8(7-9)3-2-4-11(10)12;1-15-9-4-2-3-8(7-9)5-6-10(14)12-13-11/h2-7,12H,1H3;2-7H,1H3/b;6-5+. The van der Waals surface area contributed by atoms with Gasteiger partial charge < -0.3 is 14.6 Å². The smallest absolute Gasteiger partial charge is 0.242 e. The summed E-state index contributed by atoms with van der Waals surface area (Å²) in [5, 5.41) is 14.2. The van der Waals surface area contributed by atoms with Gasteiger partial charge in [0.15, 0.2) is 0 Å². The molecule has 0 aliphatic heterocycles. The summed E-state index contributed by atoms with van der Waals surface area (Å²) in [6, 6.07) is 18.2. The average molecular weight is 377 g/mol. The van der Waals surface area contributed by atoms with E-state index in [0.717, 1.165) is 22.1 Å². The number of amides is 1. The van der Waals surface area contributed by atoms with Crippen LogP contribution in [0.25, 0.3) is 27.3 Å². The first kappa shape index (κ1) is 20.4. The first-order valence-electron chi connectivity index (χ1n) is 8.24. The monoisotopic (exact) mass is 377 g/mol. The summed E-state index contributed by atoms with van der Waals surface area (Å²) in [7, 11) is 3.19. The molecule has 3 rings (SSSR count). The van der Waals surface area contributed by atoms with Gasteiger partial charge in [-0.2, -0.15) is 0 Å². The lowest BCUT2D eigenvalue weighted by Crippen LogP contribution is -1.84. The molecule has 0 unspecified atom stereocenters. The fourth-order valence-corrected chi connectivity index (χ4v) is 2.36. The minimum atomic E-state index is -0.625. The Hall–Kier alpha value is -3.96. The number of azide groups is 1. The molecule has 0 atom stereocenters. The molecule has 0 bridgehead atoms. The van der Waals surface area contributed by atoms with Crippen LogP contribution < -0.4 is 9.47 Å². The summed E-state index contributed by atoms with van der Waals surface area (Å²) in [6.07, 6.45) is 2.76. The van der Waals surface area contributed by atoms with E-state index >= 15 is 0 Å². The van der Waals surface area contributed by atoms with Crippen molar-refractivity contribution in [1.29, 1.82) is 0 Å². The van der Waals surface area contributed by atoms with Crippen LogP contribution in [-0.4, -0.2) is 25.2 Å². The van der Waals surface area contributed by atoms with Gasteiger partial charge in [-0.25, -0.2) is 0 Å². The third-order valence-electron chi connectivity index (χ3n) is 3.72. The number of benzene rings is 3. The van der Waals surface area contributed by atoms with E-state index in [0.29, 0.717) is 11.5 Å². The largest absolute Gasteiger partial charge is 0.507 e. The average Bonchev–Trinajstić information content (AvgIpc) is 2.73. The van der Waals surface area contributed by atoms with E-state index in [1.54, 1.807) is 44.6 Å².